The zero-order valence-corrected chi connectivity index (χ0v) is 24.8. The first kappa shape index (κ1) is 30.0. The minimum Gasteiger partial charge on any atom is -0.497 e. The van der Waals surface area contributed by atoms with Crippen molar-refractivity contribution in [2.75, 3.05) is 14.2 Å². The molecule has 0 saturated carbocycles. The molecule has 3 aromatic rings. The van der Waals surface area contributed by atoms with Crippen LogP contribution in [-0.2, 0) is 31.1 Å². The van der Waals surface area contributed by atoms with Crippen molar-refractivity contribution in [2.45, 2.75) is 73.1 Å². The van der Waals surface area contributed by atoms with Gasteiger partial charge < -0.3 is 14.2 Å². The van der Waals surface area contributed by atoms with Crippen molar-refractivity contribution < 1.29 is 35.4 Å². The van der Waals surface area contributed by atoms with Crippen LogP contribution in [0, 0.1) is 12.7 Å². The Hall–Kier alpha value is -2.99. The van der Waals surface area contributed by atoms with Gasteiger partial charge in [0, 0.05) is 24.2 Å². The van der Waals surface area contributed by atoms with Crippen LogP contribution in [-0.4, -0.2) is 53.6 Å². The van der Waals surface area contributed by atoms with Gasteiger partial charge >= 0.3 is 0 Å². The van der Waals surface area contributed by atoms with E-state index >= 15 is 0 Å². The maximum Gasteiger partial charge on any atom is 0.243 e. The molecule has 0 spiro atoms. The summed E-state index contributed by atoms with van der Waals surface area (Å²) < 4.78 is 87.2. The lowest BCUT2D eigenvalue weighted by Crippen LogP contribution is -2.46. The lowest BCUT2D eigenvalue weighted by molar-refractivity contribution is -0.0540. The van der Waals surface area contributed by atoms with Crippen LogP contribution in [0.1, 0.15) is 37.8 Å². The fraction of sp³-hybridized carbons (Fsp3) is 0.379. The number of nitrogens with zero attached hydrogens (tertiary/aromatic N) is 1. The van der Waals surface area contributed by atoms with E-state index in [4.69, 9.17) is 14.2 Å². The van der Waals surface area contributed by atoms with Crippen LogP contribution >= 0.6 is 0 Å². The summed E-state index contributed by atoms with van der Waals surface area (Å²) in [4.78, 5) is -0.443. The molecule has 1 heterocycles. The molecule has 40 heavy (non-hydrogen) atoms. The maximum absolute atomic E-state index is 14.4. The molecule has 1 unspecified atom stereocenters. The van der Waals surface area contributed by atoms with Crippen molar-refractivity contribution in [1.82, 2.24) is 4.31 Å². The molecule has 216 valence electrons. The van der Waals surface area contributed by atoms with Crippen LogP contribution in [0.5, 0.6) is 11.5 Å². The van der Waals surface area contributed by atoms with Crippen molar-refractivity contribution >= 4 is 19.9 Å². The molecule has 1 fully saturated rings. The summed E-state index contributed by atoms with van der Waals surface area (Å²) in [6, 6.07) is 13.2. The molecule has 0 aliphatic carbocycles. The van der Waals surface area contributed by atoms with E-state index in [-0.39, 0.29) is 33.4 Å². The maximum atomic E-state index is 14.4. The number of hydrogen-bond acceptors (Lipinski definition) is 7. The normalized spacial score (nSPS) is 19.9. The number of aryl methyl sites for hydroxylation is 1. The van der Waals surface area contributed by atoms with Crippen LogP contribution in [0.4, 0.5) is 4.39 Å². The van der Waals surface area contributed by atoms with Crippen LogP contribution < -0.4 is 9.47 Å². The van der Waals surface area contributed by atoms with Crippen LogP contribution in [0.25, 0.3) is 0 Å². The number of ether oxygens (including phenoxy) is 3. The fourth-order valence-electron chi connectivity index (χ4n) is 5.07. The molecule has 8 nitrogen and oxygen atoms in total. The van der Waals surface area contributed by atoms with E-state index < -0.39 is 31.7 Å². The lowest BCUT2D eigenvalue weighted by atomic mass is 9.99. The highest BCUT2D eigenvalue weighted by molar-refractivity contribution is 7.91. The number of benzene rings is 3. The zero-order valence-electron chi connectivity index (χ0n) is 23.1. The van der Waals surface area contributed by atoms with E-state index in [1.165, 1.54) is 36.7 Å². The zero-order chi connectivity index (χ0) is 29.2. The second-order valence-corrected chi connectivity index (χ2v) is 13.8. The average Bonchev–Trinajstić information content (AvgIpc) is 2.91. The van der Waals surface area contributed by atoms with Gasteiger partial charge in [0.1, 0.15) is 17.3 Å². The summed E-state index contributed by atoms with van der Waals surface area (Å²) in [5, 5.41) is 0. The Labute approximate surface area is 235 Å². The van der Waals surface area contributed by atoms with E-state index in [0.717, 1.165) is 24.3 Å². The van der Waals surface area contributed by atoms with E-state index in [1.807, 2.05) is 13.8 Å². The SMILES string of the molecule is COc1ccc(CN(C2C[C@@H](C)O[C@@H](C)C2)S(=O)(=O)c2cc(S(=O)(=O)c3ccc(F)cc3)ccc2C)c(OC)c1. The molecule has 4 rings (SSSR count). The van der Waals surface area contributed by atoms with Crippen molar-refractivity contribution in [1.29, 1.82) is 0 Å². The molecule has 0 amide bonds. The fourth-order valence-corrected chi connectivity index (χ4v) is 8.31. The average molecular weight is 592 g/mol. The number of sulfone groups is 1. The molecular formula is C29H34FNO7S2. The van der Waals surface area contributed by atoms with E-state index in [1.54, 1.807) is 25.1 Å². The predicted octanol–water partition coefficient (Wildman–Crippen LogP) is 5.13. The van der Waals surface area contributed by atoms with Crippen molar-refractivity contribution in [3.05, 3.63) is 77.6 Å². The number of halogens is 1. The molecule has 0 bridgehead atoms. The Morgan fingerprint density at radius 3 is 2.10 bits per heavy atom. The highest BCUT2D eigenvalue weighted by atomic mass is 32.2. The van der Waals surface area contributed by atoms with Gasteiger partial charge in [-0.1, -0.05) is 12.1 Å². The summed E-state index contributed by atoms with van der Waals surface area (Å²) in [6.07, 6.45) is 0.592. The molecule has 11 heteroatoms. The first-order valence-electron chi connectivity index (χ1n) is 12.9. The molecule has 3 atom stereocenters. The van der Waals surface area contributed by atoms with E-state index in [9.17, 15) is 21.2 Å². The lowest BCUT2D eigenvalue weighted by Gasteiger charge is -2.39. The smallest absolute Gasteiger partial charge is 0.243 e. The third-order valence-corrected chi connectivity index (χ3v) is 10.9. The Morgan fingerprint density at radius 2 is 1.50 bits per heavy atom. The number of rotatable bonds is 9. The number of hydrogen-bond donors (Lipinski definition) is 0. The molecular weight excluding hydrogens is 557 g/mol. The summed E-state index contributed by atoms with van der Waals surface area (Å²) in [5.41, 5.74) is 1.03. The van der Waals surface area contributed by atoms with Crippen LogP contribution in [0.2, 0.25) is 0 Å². The van der Waals surface area contributed by atoms with Crippen molar-refractivity contribution in [3.63, 3.8) is 0 Å². The highest BCUT2D eigenvalue weighted by Gasteiger charge is 2.38. The van der Waals surface area contributed by atoms with Gasteiger partial charge in [0.05, 0.1) is 41.1 Å². The van der Waals surface area contributed by atoms with Crippen LogP contribution in [0.3, 0.4) is 0 Å². The standard InChI is InChI=1S/C29H34FNO7S2/c1-19-6-11-27(39(32,33)26-12-8-23(30)9-13-26)17-29(19)40(34,35)31(24-14-20(2)38-21(3)15-24)18-22-7-10-25(36-4)16-28(22)37-5/h6-13,16-17,20-21,24H,14-15,18H2,1-5H3/t20-,21+,24?. The van der Waals surface area contributed by atoms with Gasteiger partial charge in [0.2, 0.25) is 19.9 Å². The first-order chi connectivity index (χ1) is 18.9. The summed E-state index contributed by atoms with van der Waals surface area (Å²) in [6.45, 7) is 5.43. The molecule has 1 saturated heterocycles. The number of methoxy groups -OCH3 is 2. The summed E-state index contributed by atoms with van der Waals surface area (Å²) in [7, 11) is -5.29. The predicted molar refractivity (Wildman–Crippen MR) is 148 cm³/mol. The van der Waals surface area contributed by atoms with Crippen molar-refractivity contribution in [3.8, 4) is 11.5 Å². The molecule has 0 N–H and O–H groups in total. The van der Waals surface area contributed by atoms with Gasteiger partial charge in [-0.3, -0.25) is 0 Å². The minimum atomic E-state index is -4.22. The molecule has 1 aliphatic rings. The molecule has 1 aliphatic heterocycles. The molecule has 0 radical (unpaired) electrons. The second kappa shape index (κ2) is 11.9. The second-order valence-electron chi connectivity index (χ2n) is 10.00. The Bertz CT molecular complexity index is 1560. The third-order valence-electron chi connectivity index (χ3n) is 7.08. The van der Waals surface area contributed by atoms with Gasteiger partial charge in [-0.2, -0.15) is 4.31 Å². The van der Waals surface area contributed by atoms with Gasteiger partial charge in [-0.25, -0.2) is 21.2 Å². The van der Waals surface area contributed by atoms with Gasteiger partial charge in [0.25, 0.3) is 0 Å². The monoisotopic (exact) mass is 591 g/mol. The molecule has 0 aromatic heterocycles. The van der Waals surface area contributed by atoms with Crippen molar-refractivity contribution in [2.24, 2.45) is 0 Å². The Balaban J connectivity index is 1.82. The highest BCUT2D eigenvalue weighted by Crippen LogP contribution is 2.35. The van der Waals surface area contributed by atoms with E-state index in [2.05, 4.69) is 0 Å². The largest absolute Gasteiger partial charge is 0.497 e. The first-order valence-corrected chi connectivity index (χ1v) is 15.8. The Morgan fingerprint density at radius 1 is 0.875 bits per heavy atom. The Kier molecular flexibility index (Phi) is 8.89. The van der Waals surface area contributed by atoms with Gasteiger partial charge in [-0.05, 0) is 81.6 Å². The topological polar surface area (TPSA) is 99.2 Å². The minimum absolute atomic E-state index is 0.00596. The quantitative estimate of drug-likeness (QED) is 0.318. The summed E-state index contributed by atoms with van der Waals surface area (Å²) >= 11 is 0. The molecule has 3 aromatic carbocycles. The van der Waals surface area contributed by atoms with E-state index in [0.29, 0.717) is 35.5 Å². The number of sulfonamides is 1. The third kappa shape index (κ3) is 6.17. The van der Waals surface area contributed by atoms with Gasteiger partial charge in [0.15, 0.2) is 0 Å². The van der Waals surface area contributed by atoms with Crippen LogP contribution in [0.15, 0.2) is 75.4 Å². The van der Waals surface area contributed by atoms with Gasteiger partial charge in [-0.15, -0.1) is 0 Å². The summed E-state index contributed by atoms with van der Waals surface area (Å²) in [5.74, 6) is 0.463.